The monoisotopic (exact) mass is 390 g/mol. The molecule has 0 saturated carbocycles. The third kappa shape index (κ3) is 3.90. The maximum Gasteiger partial charge on any atom is 0.326 e. The molecule has 0 bridgehead atoms. The first-order chi connectivity index (χ1) is 13.5. The van der Waals surface area contributed by atoms with Crippen molar-refractivity contribution in [3.8, 4) is 11.7 Å². The fourth-order valence-electron chi connectivity index (χ4n) is 3.27. The van der Waals surface area contributed by atoms with Gasteiger partial charge >= 0.3 is 12.0 Å². The highest BCUT2D eigenvalue weighted by molar-refractivity contribution is 6.08. The molecule has 3 amide bonds. The maximum atomic E-state index is 12.7. The zero-order valence-corrected chi connectivity index (χ0v) is 15.8. The van der Waals surface area contributed by atoms with E-state index in [1.54, 1.807) is 12.1 Å². The fourth-order valence-corrected chi connectivity index (χ4v) is 3.27. The topological polar surface area (TPSA) is 128 Å². The summed E-state index contributed by atoms with van der Waals surface area (Å²) >= 11 is 0. The normalized spacial score (nSPS) is 15.7. The molecule has 10 heteroatoms. The van der Waals surface area contributed by atoms with Crippen molar-refractivity contribution in [2.75, 3.05) is 6.54 Å². The first-order valence-corrected chi connectivity index (χ1v) is 9.15. The van der Waals surface area contributed by atoms with E-state index in [2.05, 4.69) is 15.5 Å². The summed E-state index contributed by atoms with van der Waals surface area (Å²) in [6.45, 7) is 3.13. The SMILES string of the molecule is CCCC1(CCC)NC(=O)N(CC(=O)OCc2nnc(-c3ccco3)o2)C1=O. The second-order valence-electron chi connectivity index (χ2n) is 6.54. The molecule has 0 radical (unpaired) electrons. The van der Waals surface area contributed by atoms with E-state index in [9.17, 15) is 14.4 Å². The summed E-state index contributed by atoms with van der Waals surface area (Å²) in [6, 6.07) is 2.75. The van der Waals surface area contributed by atoms with Crippen LogP contribution in [0.25, 0.3) is 11.7 Å². The number of amides is 3. The van der Waals surface area contributed by atoms with E-state index in [0.717, 1.165) is 17.7 Å². The van der Waals surface area contributed by atoms with Crippen molar-refractivity contribution in [2.45, 2.75) is 51.7 Å². The van der Waals surface area contributed by atoms with Crippen LogP contribution < -0.4 is 5.32 Å². The lowest BCUT2D eigenvalue weighted by molar-refractivity contribution is -0.149. The van der Waals surface area contributed by atoms with Crippen molar-refractivity contribution < 1.29 is 28.0 Å². The van der Waals surface area contributed by atoms with Gasteiger partial charge in [-0.05, 0) is 25.0 Å². The quantitative estimate of drug-likeness (QED) is 0.510. The smallest absolute Gasteiger partial charge is 0.326 e. The number of nitrogens with zero attached hydrogens (tertiary/aromatic N) is 3. The van der Waals surface area contributed by atoms with Gasteiger partial charge in [-0.15, -0.1) is 10.2 Å². The molecule has 10 nitrogen and oxygen atoms in total. The van der Waals surface area contributed by atoms with E-state index in [1.165, 1.54) is 6.26 Å². The van der Waals surface area contributed by atoms with Crippen LogP contribution in [0.3, 0.4) is 0 Å². The molecule has 0 aromatic carbocycles. The minimum atomic E-state index is -0.939. The van der Waals surface area contributed by atoms with Crippen LogP contribution in [0.15, 0.2) is 27.2 Å². The summed E-state index contributed by atoms with van der Waals surface area (Å²) < 4.78 is 15.5. The number of carbonyl (C=O) groups is 3. The number of ether oxygens (including phenoxy) is 1. The number of esters is 1. The molecule has 1 aliphatic rings. The summed E-state index contributed by atoms with van der Waals surface area (Å²) in [6.07, 6.45) is 3.98. The van der Waals surface area contributed by atoms with Gasteiger partial charge in [0, 0.05) is 0 Å². The maximum absolute atomic E-state index is 12.7. The van der Waals surface area contributed by atoms with Gasteiger partial charge in [0.1, 0.15) is 12.1 Å². The van der Waals surface area contributed by atoms with Crippen LogP contribution in [-0.4, -0.2) is 45.1 Å². The van der Waals surface area contributed by atoms with Gasteiger partial charge in [-0.1, -0.05) is 26.7 Å². The Kier molecular flexibility index (Phi) is 5.76. The van der Waals surface area contributed by atoms with Gasteiger partial charge in [0.15, 0.2) is 12.4 Å². The van der Waals surface area contributed by atoms with Gasteiger partial charge < -0.3 is 18.9 Å². The molecule has 1 N–H and O–H groups in total. The number of imide groups is 1. The van der Waals surface area contributed by atoms with Gasteiger partial charge in [0.05, 0.1) is 6.26 Å². The predicted molar refractivity (Wildman–Crippen MR) is 94.6 cm³/mol. The number of aromatic nitrogens is 2. The Bertz CT molecular complexity index is 838. The Morgan fingerprint density at radius 1 is 1.25 bits per heavy atom. The first-order valence-electron chi connectivity index (χ1n) is 9.15. The van der Waals surface area contributed by atoms with Gasteiger partial charge in [-0.25, -0.2) is 4.79 Å². The lowest BCUT2D eigenvalue weighted by Gasteiger charge is -2.25. The van der Waals surface area contributed by atoms with Gasteiger partial charge in [-0.2, -0.15) is 0 Å². The largest absolute Gasteiger partial charge is 0.459 e. The predicted octanol–water partition coefficient (Wildman–Crippen LogP) is 2.26. The number of nitrogens with one attached hydrogen (secondary N) is 1. The third-order valence-electron chi connectivity index (χ3n) is 4.44. The second-order valence-corrected chi connectivity index (χ2v) is 6.54. The first kappa shape index (κ1) is 19.6. The Morgan fingerprint density at radius 2 is 2.00 bits per heavy atom. The highest BCUT2D eigenvalue weighted by atomic mass is 16.5. The van der Waals surface area contributed by atoms with Crippen LogP contribution in [0, 0.1) is 0 Å². The van der Waals surface area contributed by atoms with Crippen LogP contribution in [-0.2, 0) is 20.9 Å². The standard InChI is InChI=1S/C18H22N4O6/c1-3-7-18(8-4-2)16(24)22(17(25)19-18)10-14(23)27-11-13-20-21-15(28-13)12-6-5-9-26-12/h5-6,9H,3-4,7-8,10-11H2,1-2H3,(H,19,25). The second kappa shape index (κ2) is 8.24. The molecule has 3 heterocycles. The van der Waals surface area contributed by atoms with Crippen LogP contribution >= 0.6 is 0 Å². The molecule has 1 fully saturated rings. The van der Waals surface area contributed by atoms with E-state index in [0.29, 0.717) is 18.6 Å². The van der Waals surface area contributed by atoms with E-state index < -0.39 is 30.0 Å². The van der Waals surface area contributed by atoms with E-state index in [1.807, 2.05) is 13.8 Å². The van der Waals surface area contributed by atoms with Crippen molar-refractivity contribution in [1.29, 1.82) is 0 Å². The molecule has 0 aliphatic carbocycles. The van der Waals surface area contributed by atoms with Crippen LogP contribution in [0.4, 0.5) is 4.79 Å². The molecule has 28 heavy (non-hydrogen) atoms. The van der Waals surface area contributed by atoms with Crippen LogP contribution in [0.2, 0.25) is 0 Å². The van der Waals surface area contributed by atoms with E-state index in [-0.39, 0.29) is 18.4 Å². The van der Waals surface area contributed by atoms with Gasteiger partial charge in [0.2, 0.25) is 0 Å². The zero-order valence-electron chi connectivity index (χ0n) is 15.8. The third-order valence-corrected chi connectivity index (χ3v) is 4.44. The molecule has 0 atom stereocenters. The highest BCUT2D eigenvalue weighted by Gasteiger charge is 2.50. The molecular weight excluding hydrogens is 368 g/mol. The summed E-state index contributed by atoms with van der Waals surface area (Å²) in [5.41, 5.74) is -0.939. The number of furan rings is 1. The molecule has 150 valence electrons. The van der Waals surface area contributed by atoms with Crippen LogP contribution in [0.1, 0.15) is 45.4 Å². The Labute approximate surface area is 161 Å². The summed E-state index contributed by atoms with van der Waals surface area (Å²) in [4.78, 5) is 38.0. The lowest BCUT2D eigenvalue weighted by atomic mass is 9.88. The minimum absolute atomic E-state index is 0.0725. The average molecular weight is 390 g/mol. The average Bonchev–Trinajstić information content (AvgIpc) is 3.38. The number of carbonyl (C=O) groups excluding carboxylic acids is 3. The molecule has 1 aliphatic heterocycles. The molecule has 2 aromatic rings. The fraction of sp³-hybridized carbons (Fsp3) is 0.500. The van der Waals surface area contributed by atoms with Crippen molar-refractivity contribution in [3.05, 3.63) is 24.3 Å². The molecular formula is C18H22N4O6. The van der Waals surface area contributed by atoms with Crippen molar-refractivity contribution >= 4 is 17.9 Å². The summed E-state index contributed by atoms with van der Waals surface area (Å²) in [7, 11) is 0. The number of hydrogen-bond acceptors (Lipinski definition) is 8. The Balaban J connectivity index is 1.57. The molecule has 0 spiro atoms. The number of hydrogen-bond donors (Lipinski definition) is 1. The molecule has 1 saturated heterocycles. The van der Waals surface area contributed by atoms with Gasteiger partial charge in [-0.3, -0.25) is 14.5 Å². The van der Waals surface area contributed by atoms with Crippen LogP contribution in [0.5, 0.6) is 0 Å². The van der Waals surface area contributed by atoms with Crippen molar-refractivity contribution in [1.82, 2.24) is 20.4 Å². The van der Waals surface area contributed by atoms with Crippen molar-refractivity contribution in [2.24, 2.45) is 0 Å². The Morgan fingerprint density at radius 3 is 2.64 bits per heavy atom. The van der Waals surface area contributed by atoms with E-state index in [4.69, 9.17) is 13.6 Å². The zero-order chi connectivity index (χ0) is 20.1. The van der Waals surface area contributed by atoms with E-state index >= 15 is 0 Å². The molecule has 3 rings (SSSR count). The Hall–Kier alpha value is -3.17. The molecule has 2 aromatic heterocycles. The minimum Gasteiger partial charge on any atom is -0.459 e. The lowest BCUT2D eigenvalue weighted by Crippen LogP contribution is -2.47. The number of rotatable bonds is 9. The highest BCUT2D eigenvalue weighted by Crippen LogP contribution is 2.28. The van der Waals surface area contributed by atoms with Crippen molar-refractivity contribution in [3.63, 3.8) is 0 Å². The number of urea groups is 1. The van der Waals surface area contributed by atoms with Gasteiger partial charge in [0.25, 0.3) is 17.7 Å². The molecule has 0 unspecified atom stereocenters. The summed E-state index contributed by atoms with van der Waals surface area (Å²) in [5, 5.41) is 10.3. The summed E-state index contributed by atoms with van der Waals surface area (Å²) in [5.74, 6) is -0.508.